The summed E-state index contributed by atoms with van der Waals surface area (Å²) >= 11 is 0. The molecule has 2 heterocycles. The van der Waals surface area contributed by atoms with Crippen LogP contribution in [0.4, 0.5) is 11.8 Å². The van der Waals surface area contributed by atoms with Gasteiger partial charge in [-0.1, -0.05) is 12.1 Å². The van der Waals surface area contributed by atoms with Crippen molar-refractivity contribution >= 4 is 17.7 Å². The number of hydrogen-bond donors (Lipinski definition) is 3. The van der Waals surface area contributed by atoms with Crippen molar-refractivity contribution in [2.75, 3.05) is 30.5 Å². The van der Waals surface area contributed by atoms with E-state index in [0.717, 1.165) is 30.7 Å². The van der Waals surface area contributed by atoms with E-state index >= 15 is 0 Å². The van der Waals surface area contributed by atoms with Gasteiger partial charge < -0.3 is 25.2 Å². The Balaban J connectivity index is 1.81. The van der Waals surface area contributed by atoms with Crippen LogP contribution in [-0.2, 0) is 6.54 Å². The third-order valence-corrected chi connectivity index (χ3v) is 4.47. The smallest absolute Gasteiger partial charge is 0.341 e. The van der Waals surface area contributed by atoms with Crippen LogP contribution in [0, 0.1) is 0 Å². The fraction of sp³-hybridized carbons (Fsp3) is 0.389. The summed E-state index contributed by atoms with van der Waals surface area (Å²) < 4.78 is 5.13. The minimum absolute atomic E-state index is 0.0157. The number of aromatic nitrogens is 2. The molecular formula is C18H22N4O4. The highest BCUT2D eigenvalue weighted by Gasteiger charge is 2.27. The van der Waals surface area contributed by atoms with Gasteiger partial charge in [-0.2, -0.15) is 4.98 Å². The lowest BCUT2D eigenvalue weighted by Crippen LogP contribution is -2.33. The van der Waals surface area contributed by atoms with Crippen molar-refractivity contribution in [3.05, 3.63) is 41.6 Å². The summed E-state index contributed by atoms with van der Waals surface area (Å²) in [4.78, 5) is 22.0. The molecule has 8 nitrogen and oxygen atoms in total. The number of aliphatic hydroxyl groups is 1. The molecule has 1 saturated heterocycles. The molecule has 26 heavy (non-hydrogen) atoms. The number of aromatic carboxylic acids is 1. The molecule has 0 amide bonds. The van der Waals surface area contributed by atoms with Crippen LogP contribution < -0.4 is 15.0 Å². The maximum absolute atomic E-state index is 11.5. The van der Waals surface area contributed by atoms with E-state index in [1.807, 2.05) is 29.2 Å². The van der Waals surface area contributed by atoms with Crippen molar-refractivity contribution in [2.45, 2.75) is 25.4 Å². The monoisotopic (exact) mass is 358 g/mol. The molecule has 0 bridgehead atoms. The second kappa shape index (κ2) is 8.01. The zero-order valence-electron chi connectivity index (χ0n) is 14.6. The molecule has 8 heteroatoms. The molecule has 1 aliphatic heterocycles. The van der Waals surface area contributed by atoms with Gasteiger partial charge in [0.1, 0.15) is 17.1 Å². The van der Waals surface area contributed by atoms with Crippen LogP contribution in [0.15, 0.2) is 30.5 Å². The third-order valence-electron chi connectivity index (χ3n) is 4.47. The van der Waals surface area contributed by atoms with Crippen molar-refractivity contribution in [1.82, 2.24) is 9.97 Å². The number of aliphatic hydroxyl groups excluding tert-OH is 1. The largest absolute Gasteiger partial charge is 0.497 e. The van der Waals surface area contributed by atoms with E-state index in [2.05, 4.69) is 15.3 Å². The second-order valence-electron chi connectivity index (χ2n) is 6.11. The van der Waals surface area contributed by atoms with E-state index in [4.69, 9.17) is 4.74 Å². The number of ether oxygens (including phenoxy) is 1. The minimum Gasteiger partial charge on any atom is -0.497 e. The number of anilines is 2. The number of nitrogens with zero attached hydrogens (tertiary/aromatic N) is 3. The number of nitrogens with one attached hydrogen (secondary N) is 1. The van der Waals surface area contributed by atoms with Gasteiger partial charge in [0.05, 0.1) is 19.8 Å². The Morgan fingerprint density at radius 2 is 2.15 bits per heavy atom. The molecule has 1 aromatic carbocycles. The zero-order valence-corrected chi connectivity index (χ0v) is 14.6. The first-order valence-electron chi connectivity index (χ1n) is 8.47. The first-order chi connectivity index (χ1) is 12.6. The van der Waals surface area contributed by atoms with Crippen LogP contribution in [0.2, 0.25) is 0 Å². The molecule has 2 aromatic rings. The number of carbonyl (C=O) groups is 1. The Bertz CT molecular complexity index is 766. The normalized spacial score (nSPS) is 16.5. The number of carboxylic acid groups (broad SMARTS) is 1. The first-order valence-corrected chi connectivity index (χ1v) is 8.47. The van der Waals surface area contributed by atoms with Crippen molar-refractivity contribution in [3.8, 4) is 5.75 Å². The van der Waals surface area contributed by atoms with Gasteiger partial charge in [-0.05, 0) is 30.5 Å². The maximum Gasteiger partial charge on any atom is 0.341 e. The average molecular weight is 358 g/mol. The summed E-state index contributed by atoms with van der Waals surface area (Å²) in [5.41, 5.74) is 0.985. The van der Waals surface area contributed by atoms with Crippen molar-refractivity contribution in [1.29, 1.82) is 0 Å². The van der Waals surface area contributed by atoms with E-state index in [9.17, 15) is 15.0 Å². The highest BCUT2D eigenvalue weighted by molar-refractivity contribution is 5.93. The minimum atomic E-state index is -1.09. The standard InChI is InChI=1S/C18H22N4O4/c1-26-14-6-4-12(5-7-14)9-19-16-15(17(24)25)10-20-18(21-16)22-8-2-3-13(22)11-23/h4-7,10,13,23H,2-3,8-9,11H2,1H3,(H,24,25)(H,19,20,21). The van der Waals surface area contributed by atoms with Crippen LogP contribution in [0.5, 0.6) is 5.75 Å². The van der Waals surface area contributed by atoms with E-state index in [1.165, 1.54) is 6.20 Å². The van der Waals surface area contributed by atoms with Gasteiger partial charge in [-0.25, -0.2) is 9.78 Å². The van der Waals surface area contributed by atoms with Gasteiger partial charge in [-0.3, -0.25) is 0 Å². The number of benzene rings is 1. The van der Waals surface area contributed by atoms with Gasteiger partial charge >= 0.3 is 5.97 Å². The number of rotatable bonds is 7. The summed E-state index contributed by atoms with van der Waals surface area (Å²) in [5.74, 6) is 0.368. The summed E-state index contributed by atoms with van der Waals surface area (Å²) in [5, 5.41) is 22.0. The fourth-order valence-electron chi connectivity index (χ4n) is 3.02. The number of hydrogen-bond acceptors (Lipinski definition) is 7. The molecule has 1 aliphatic rings. The number of methoxy groups -OCH3 is 1. The summed E-state index contributed by atoms with van der Waals surface area (Å²) in [6.45, 7) is 1.19. The van der Waals surface area contributed by atoms with Gasteiger partial charge in [-0.15, -0.1) is 0 Å². The maximum atomic E-state index is 11.5. The predicted molar refractivity (Wildman–Crippen MR) is 96.8 cm³/mol. The molecule has 3 N–H and O–H groups in total. The molecule has 138 valence electrons. The van der Waals surface area contributed by atoms with Crippen molar-refractivity contribution in [3.63, 3.8) is 0 Å². The second-order valence-corrected chi connectivity index (χ2v) is 6.11. The molecule has 1 atom stereocenters. The van der Waals surface area contributed by atoms with Crippen LogP contribution >= 0.6 is 0 Å². The molecule has 0 radical (unpaired) electrons. The lowest BCUT2D eigenvalue weighted by atomic mass is 10.2. The molecule has 0 saturated carbocycles. The Labute approximate surface area is 151 Å². The fourth-order valence-corrected chi connectivity index (χ4v) is 3.02. The quantitative estimate of drug-likeness (QED) is 0.687. The van der Waals surface area contributed by atoms with Gasteiger partial charge in [0.25, 0.3) is 0 Å². The molecule has 1 aromatic heterocycles. The Morgan fingerprint density at radius 1 is 1.38 bits per heavy atom. The topological polar surface area (TPSA) is 108 Å². The Morgan fingerprint density at radius 3 is 2.81 bits per heavy atom. The Kier molecular flexibility index (Phi) is 5.52. The van der Waals surface area contributed by atoms with E-state index in [0.29, 0.717) is 12.5 Å². The molecule has 0 aliphatic carbocycles. The molecule has 3 rings (SSSR count). The van der Waals surface area contributed by atoms with E-state index in [-0.39, 0.29) is 24.0 Å². The summed E-state index contributed by atoms with van der Waals surface area (Å²) in [6, 6.07) is 7.46. The van der Waals surface area contributed by atoms with E-state index < -0.39 is 5.97 Å². The van der Waals surface area contributed by atoms with E-state index in [1.54, 1.807) is 7.11 Å². The summed E-state index contributed by atoms with van der Waals surface area (Å²) in [7, 11) is 1.60. The van der Waals surface area contributed by atoms with Crippen LogP contribution in [0.25, 0.3) is 0 Å². The molecule has 1 fully saturated rings. The first kappa shape index (κ1) is 17.9. The average Bonchev–Trinajstić information content (AvgIpc) is 3.15. The highest BCUT2D eigenvalue weighted by Crippen LogP contribution is 2.24. The lowest BCUT2D eigenvalue weighted by Gasteiger charge is -2.23. The zero-order chi connectivity index (χ0) is 18.5. The van der Waals surface area contributed by atoms with Crippen molar-refractivity contribution in [2.24, 2.45) is 0 Å². The van der Waals surface area contributed by atoms with Crippen LogP contribution in [0.1, 0.15) is 28.8 Å². The molecule has 1 unspecified atom stereocenters. The van der Waals surface area contributed by atoms with Crippen molar-refractivity contribution < 1.29 is 19.7 Å². The predicted octanol–water partition coefficient (Wildman–Crippen LogP) is 1.76. The Hall–Kier alpha value is -2.87. The van der Waals surface area contributed by atoms with Crippen LogP contribution in [0.3, 0.4) is 0 Å². The third kappa shape index (κ3) is 3.85. The highest BCUT2D eigenvalue weighted by atomic mass is 16.5. The van der Waals surface area contributed by atoms with Gasteiger partial charge in [0, 0.05) is 19.3 Å². The van der Waals surface area contributed by atoms with Gasteiger partial charge in [0.15, 0.2) is 0 Å². The molecule has 0 spiro atoms. The summed E-state index contributed by atoms with van der Waals surface area (Å²) in [6.07, 6.45) is 3.13. The van der Waals surface area contributed by atoms with Gasteiger partial charge in [0.2, 0.25) is 5.95 Å². The lowest BCUT2D eigenvalue weighted by molar-refractivity contribution is 0.0697. The van der Waals surface area contributed by atoms with Crippen LogP contribution in [-0.4, -0.2) is 52.5 Å². The SMILES string of the molecule is COc1ccc(CNc2nc(N3CCCC3CO)ncc2C(=O)O)cc1. The molecular weight excluding hydrogens is 336 g/mol. The number of carboxylic acids is 1.